The molecule has 122 valence electrons. The molecule has 4 aliphatic rings. The first-order chi connectivity index (χ1) is 11.8. The average Bonchev–Trinajstić information content (AvgIpc) is 3.23. The van der Waals surface area contributed by atoms with Crippen molar-refractivity contribution < 1.29 is 4.79 Å². The number of carbonyl (C=O) groups excluding carboxylic acids is 1. The van der Waals surface area contributed by atoms with Gasteiger partial charge in [0.25, 0.3) is 5.91 Å². The zero-order valence-corrected chi connectivity index (χ0v) is 14.5. The number of hydrogen-bond acceptors (Lipinski definition) is 2. The average molecular weight is 335 g/mol. The van der Waals surface area contributed by atoms with E-state index in [0.717, 1.165) is 29.9 Å². The Morgan fingerprint density at radius 2 is 1.96 bits per heavy atom. The third-order valence-electron chi connectivity index (χ3n) is 7.47. The maximum absolute atomic E-state index is 13.2. The predicted octanol–water partition coefficient (Wildman–Crippen LogP) is 4.68. The third-order valence-corrected chi connectivity index (χ3v) is 8.45. The van der Waals surface area contributed by atoms with E-state index in [4.69, 9.17) is 0 Å². The lowest BCUT2D eigenvalue weighted by Gasteiger charge is -2.69. The molecule has 1 saturated heterocycles. The molecule has 0 N–H and O–H groups in total. The van der Waals surface area contributed by atoms with E-state index in [0.29, 0.717) is 11.5 Å². The Morgan fingerprint density at radius 1 is 1.12 bits per heavy atom. The molecule has 4 fully saturated rings. The Labute approximate surface area is 146 Å². The van der Waals surface area contributed by atoms with Crippen molar-refractivity contribution in [1.82, 2.24) is 4.90 Å². The fourth-order valence-corrected chi connectivity index (χ4v) is 7.36. The van der Waals surface area contributed by atoms with Crippen molar-refractivity contribution in [2.24, 2.45) is 23.2 Å². The molecule has 5 atom stereocenters. The first-order valence-electron chi connectivity index (χ1n) is 9.20. The Bertz CT molecular complexity index is 827. The van der Waals surface area contributed by atoms with Gasteiger partial charge in [0.1, 0.15) is 0 Å². The fourth-order valence-electron chi connectivity index (χ4n) is 6.47. The molecule has 3 heteroatoms. The van der Waals surface area contributed by atoms with Crippen LogP contribution in [-0.4, -0.2) is 23.4 Å². The van der Waals surface area contributed by atoms with Gasteiger partial charge in [-0.3, -0.25) is 4.79 Å². The van der Waals surface area contributed by atoms with E-state index in [9.17, 15) is 4.79 Å². The van der Waals surface area contributed by atoms with Crippen LogP contribution in [-0.2, 0) is 0 Å². The minimum Gasteiger partial charge on any atom is -0.335 e. The Morgan fingerprint density at radius 3 is 2.79 bits per heavy atom. The molecule has 2 aromatic rings. The van der Waals surface area contributed by atoms with Crippen LogP contribution in [0.4, 0.5) is 0 Å². The first-order valence-corrected chi connectivity index (χ1v) is 10.1. The van der Waals surface area contributed by atoms with Crippen molar-refractivity contribution in [3.05, 3.63) is 47.3 Å². The number of piperidine rings is 1. The summed E-state index contributed by atoms with van der Waals surface area (Å²) in [5, 5.41) is 2.06. The quantitative estimate of drug-likeness (QED) is 0.780. The van der Waals surface area contributed by atoms with Gasteiger partial charge in [0.2, 0.25) is 0 Å². The van der Waals surface area contributed by atoms with Gasteiger partial charge in [0, 0.05) is 22.8 Å². The molecule has 24 heavy (non-hydrogen) atoms. The van der Waals surface area contributed by atoms with Crippen LogP contribution >= 0.6 is 11.3 Å². The lowest BCUT2D eigenvalue weighted by atomic mass is 9.40. The number of rotatable bonds is 2. The molecule has 0 radical (unpaired) electrons. The molecule has 3 saturated carbocycles. The van der Waals surface area contributed by atoms with Crippen LogP contribution in [0.2, 0.25) is 0 Å². The number of amides is 1. The lowest BCUT2D eigenvalue weighted by molar-refractivity contribution is -0.191. The first kappa shape index (κ1) is 13.7. The molecule has 6 rings (SSSR count). The van der Waals surface area contributed by atoms with Gasteiger partial charge >= 0.3 is 0 Å². The van der Waals surface area contributed by atoms with E-state index in [-0.39, 0.29) is 5.91 Å². The number of carbonyl (C=O) groups is 1. The van der Waals surface area contributed by atoms with Gasteiger partial charge < -0.3 is 4.90 Å². The summed E-state index contributed by atoms with van der Waals surface area (Å²) in [5.74, 6) is 2.93. The summed E-state index contributed by atoms with van der Waals surface area (Å²) in [6, 6.07) is 13.0. The van der Waals surface area contributed by atoms with Crippen molar-refractivity contribution in [2.75, 3.05) is 6.54 Å². The van der Waals surface area contributed by atoms with E-state index < -0.39 is 0 Å². The van der Waals surface area contributed by atoms with E-state index >= 15 is 0 Å². The second kappa shape index (κ2) is 4.51. The SMILES string of the molecule is O=C(c1csc(-c2ccccc2)c1)N1CC2CC3CC4CC1C34C2. The maximum atomic E-state index is 13.2. The molecule has 2 heterocycles. The zero-order valence-electron chi connectivity index (χ0n) is 13.7. The summed E-state index contributed by atoms with van der Waals surface area (Å²) in [6.45, 7) is 1.00. The van der Waals surface area contributed by atoms with E-state index in [1.54, 1.807) is 11.3 Å². The van der Waals surface area contributed by atoms with Crippen molar-refractivity contribution in [1.29, 1.82) is 0 Å². The molecular weight excluding hydrogens is 314 g/mol. The summed E-state index contributed by atoms with van der Waals surface area (Å²) in [6.07, 6.45) is 5.52. The van der Waals surface area contributed by atoms with E-state index in [2.05, 4.69) is 40.6 Å². The molecule has 2 bridgehead atoms. The minimum absolute atomic E-state index is 0.286. The third kappa shape index (κ3) is 1.55. The molecule has 3 aliphatic carbocycles. The molecule has 5 unspecified atom stereocenters. The van der Waals surface area contributed by atoms with Crippen LogP contribution in [0, 0.1) is 23.2 Å². The summed E-state index contributed by atoms with van der Waals surface area (Å²) in [5.41, 5.74) is 2.66. The second-order valence-corrected chi connectivity index (χ2v) is 9.23. The number of hydrogen-bond donors (Lipinski definition) is 0. The molecule has 2 nitrogen and oxygen atoms in total. The standard InChI is InChI=1S/C21H21NOS/c23-20(15-7-18(24-12-15)14-4-2-1-3-5-14)22-11-13-6-16-8-17-9-19(22)21(16,17)10-13/h1-5,7,12-13,16-17,19H,6,8-11H2. The van der Waals surface area contributed by atoms with Gasteiger partial charge in [-0.1, -0.05) is 30.3 Å². The molecule has 1 spiro atoms. The summed E-state index contributed by atoms with van der Waals surface area (Å²) in [4.78, 5) is 16.7. The molecule has 1 aliphatic heterocycles. The highest BCUT2D eigenvalue weighted by atomic mass is 32.1. The van der Waals surface area contributed by atoms with Gasteiger partial charge in [-0.2, -0.15) is 0 Å². The number of nitrogens with zero attached hydrogens (tertiary/aromatic N) is 1. The smallest absolute Gasteiger partial charge is 0.254 e. The van der Waals surface area contributed by atoms with Gasteiger partial charge in [-0.25, -0.2) is 0 Å². The number of likely N-dealkylation sites (tertiary alicyclic amines) is 1. The molecular formula is C21H21NOS. The Kier molecular flexibility index (Phi) is 2.57. The highest BCUT2D eigenvalue weighted by Gasteiger charge is 2.73. The summed E-state index contributed by atoms with van der Waals surface area (Å²) in [7, 11) is 0. The van der Waals surface area contributed by atoms with Crippen LogP contribution in [0.5, 0.6) is 0 Å². The molecule has 1 aromatic heterocycles. The highest BCUT2D eigenvalue weighted by molar-refractivity contribution is 7.13. The topological polar surface area (TPSA) is 20.3 Å². The Balaban J connectivity index is 1.30. The van der Waals surface area contributed by atoms with E-state index in [1.807, 2.05) is 6.07 Å². The Hall–Kier alpha value is -1.61. The van der Waals surface area contributed by atoms with Gasteiger partial charge in [-0.05, 0) is 60.5 Å². The van der Waals surface area contributed by atoms with Crippen molar-refractivity contribution in [3.8, 4) is 10.4 Å². The van der Waals surface area contributed by atoms with Crippen molar-refractivity contribution in [2.45, 2.75) is 31.7 Å². The maximum Gasteiger partial charge on any atom is 0.254 e. The van der Waals surface area contributed by atoms with Gasteiger partial charge in [-0.15, -0.1) is 11.3 Å². The van der Waals surface area contributed by atoms with E-state index in [1.165, 1.54) is 36.1 Å². The lowest BCUT2D eigenvalue weighted by Crippen LogP contribution is -2.71. The fraction of sp³-hybridized carbons (Fsp3) is 0.476. The summed E-state index contributed by atoms with van der Waals surface area (Å²) >= 11 is 1.69. The predicted molar refractivity (Wildman–Crippen MR) is 96.0 cm³/mol. The van der Waals surface area contributed by atoms with Crippen molar-refractivity contribution in [3.63, 3.8) is 0 Å². The van der Waals surface area contributed by atoms with Gasteiger partial charge in [0.15, 0.2) is 0 Å². The number of fused-ring (bicyclic) bond motifs is 1. The largest absolute Gasteiger partial charge is 0.335 e. The summed E-state index contributed by atoms with van der Waals surface area (Å²) < 4.78 is 0. The zero-order chi connectivity index (χ0) is 15.9. The molecule has 1 aromatic carbocycles. The monoisotopic (exact) mass is 335 g/mol. The van der Waals surface area contributed by atoms with Gasteiger partial charge in [0.05, 0.1) is 5.56 Å². The van der Waals surface area contributed by atoms with Crippen LogP contribution in [0.25, 0.3) is 10.4 Å². The van der Waals surface area contributed by atoms with Crippen LogP contribution in [0.15, 0.2) is 41.8 Å². The minimum atomic E-state index is 0.286. The second-order valence-electron chi connectivity index (χ2n) is 8.32. The molecule has 1 amide bonds. The van der Waals surface area contributed by atoms with Crippen LogP contribution in [0.1, 0.15) is 36.0 Å². The highest BCUT2D eigenvalue weighted by Crippen LogP contribution is 2.75. The number of benzene rings is 1. The number of thiophene rings is 1. The van der Waals surface area contributed by atoms with Crippen LogP contribution < -0.4 is 0 Å². The normalized spacial score (nSPS) is 38.2. The van der Waals surface area contributed by atoms with Crippen molar-refractivity contribution >= 4 is 17.2 Å². The van der Waals surface area contributed by atoms with Crippen LogP contribution in [0.3, 0.4) is 0 Å².